The van der Waals surface area contributed by atoms with Gasteiger partial charge >= 0.3 is 5.92 Å². The molecule has 0 amide bonds. The van der Waals surface area contributed by atoms with Crippen molar-refractivity contribution in [3.8, 4) is 33.5 Å². The van der Waals surface area contributed by atoms with E-state index in [9.17, 15) is 18.3 Å². The van der Waals surface area contributed by atoms with E-state index < -0.39 is 41.0 Å². The fourth-order valence-corrected chi connectivity index (χ4v) is 6.48. The molecule has 2 N–H and O–H groups in total. The van der Waals surface area contributed by atoms with Crippen LogP contribution in [0.5, 0.6) is 0 Å². The number of fused-ring (bicyclic) bond motifs is 1. The van der Waals surface area contributed by atoms with Gasteiger partial charge in [-0.1, -0.05) is 24.3 Å². The third-order valence-electron chi connectivity index (χ3n) is 9.33. The van der Waals surface area contributed by atoms with E-state index in [-0.39, 0.29) is 5.82 Å². The first-order valence-electron chi connectivity index (χ1n) is 17.0. The molecule has 9 nitrogen and oxygen atoms in total. The molecule has 0 fully saturated rings. The van der Waals surface area contributed by atoms with E-state index in [1.54, 1.807) is 41.2 Å². The summed E-state index contributed by atoms with van der Waals surface area (Å²) in [7, 11) is 0. The lowest BCUT2D eigenvalue weighted by atomic mass is 9.84. The fourth-order valence-electron chi connectivity index (χ4n) is 6.48. The second-order valence-electron chi connectivity index (χ2n) is 12.8. The third kappa shape index (κ3) is 6.79. The molecule has 8 rings (SSSR count). The van der Waals surface area contributed by atoms with Crippen LogP contribution in [0.1, 0.15) is 16.8 Å². The SMILES string of the molecule is OC(Cn1cncn1)(c1ccc(F)cc1F)C(F)(F)c1ccc(-c2ccc(NCc3ccc4c(-c5ccncc5)c(-c5ccc(F)cc5)nn4c3)cc2)cn1. The summed E-state index contributed by atoms with van der Waals surface area (Å²) in [6.45, 7) is -0.428. The summed E-state index contributed by atoms with van der Waals surface area (Å²) in [6.07, 6.45) is 8.77. The number of nitrogens with zero attached hydrogens (tertiary/aromatic N) is 7. The first-order valence-corrected chi connectivity index (χ1v) is 17.0. The Kier molecular flexibility index (Phi) is 9.11. The van der Waals surface area contributed by atoms with Gasteiger partial charge in [0.2, 0.25) is 0 Å². The molecule has 55 heavy (non-hydrogen) atoms. The molecule has 3 aromatic carbocycles. The third-order valence-corrected chi connectivity index (χ3v) is 9.33. The van der Waals surface area contributed by atoms with Crippen LogP contribution in [0.4, 0.5) is 27.6 Å². The number of pyridine rings is 3. The van der Waals surface area contributed by atoms with Gasteiger partial charge in [0.1, 0.15) is 41.5 Å². The maximum absolute atomic E-state index is 16.2. The molecule has 1 unspecified atom stereocenters. The van der Waals surface area contributed by atoms with Gasteiger partial charge in [-0.15, -0.1) is 0 Å². The van der Waals surface area contributed by atoms with Gasteiger partial charge < -0.3 is 10.4 Å². The summed E-state index contributed by atoms with van der Waals surface area (Å²) in [5.41, 5.74) is 2.29. The summed E-state index contributed by atoms with van der Waals surface area (Å²) in [4.78, 5) is 11.8. The minimum Gasteiger partial charge on any atom is -0.381 e. The molecule has 5 heterocycles. The molecule has 0 aliphatic heterocycles. The Balaban J connectivity index is 0.999. The Morgan fingerprint density at radius 1 is 0.727 bits per heavy atom. The Morgan fingerprint density at radius 2 is 1.45 bits per heavy atom. The van der Waals surface area contributed by atoms with E-state index >= 15 is 8.78 Å². The Labute approximate surface area is 310 Å². The van der Waals surface area contributed by atoms with Crippen molar-refractivity contribution in [3.63, 3.8) is 0 Å². The van der Waals surface area contributed by atoms with Crippen LogP contribution in [0.25, 0.3) is 39.0 Å². The van der Waals surface area contributed by atoms with E-state index in [0.717, 1.165) is 69.0 Å². The van der Waals surface area contributed by atoms with Crippen LogP contribution in [0.3, 0.4) is 0 Å². The molecule has 274 valence electrons. The van der Waals surface area contributed by atoms with Crippen molar-refractivity contribution in [2.24, 2.45) is 0 Å². The van der Waals surface area contributed by atoms with E-state index in [1.807, 2.05) is 42.6 Å². The molecule has 5 aromatic heterocycles. The van der Waals surface area contributed by atoms with Gasteiger partial charge in [0.05, 0.1) is 12.1 Å². The van der Waals surface area contributed by atoms with Crippen molar-refractivity contribution >= 4 is 11.2 Å². The summed E-state index contributed by atoms with van der Waals surface area (Å²) in [5, 5.41) is 23.5. The van der Waals surface area contributed by atoms with Crippen molar-refractivity contribution < 1.29 is 27.1 Å². The van der Waals surface area contributed by atoms with Crippen molar-refractivity contribution in [3.05, 3.63) is 175 Å². The number of aromatic nitrogens is 7. The molecular weight excluding hydrogens is 715 g/mol. The number of halogens is 5. The maximum atomic E-state index is 16.2. The average Bonchev–Trinajstić information content (AvgIpc) is 3.85. The molecule has 0 saturated carbocycles. The predicted octanol–water partition coefficient (Wildman–Crippen LogP) is 8.43. The monoisotopic (exact) mass is 744 g/mol. The van der Waals surface area contributed by atoms with Crippen LogP contribution in [-0.4, -0.2) is 39.5 Å². The lowest BCUT2D eigenvalue weighted by Crippen LogP contribution is -2.48. The zero-order valence-corrected chi connectivity index (χ0v) is 28.7. The lowest BCUT2D eigenvalue weighted by molar-refractivity contribution is -0.207. The van der Waals surface area contributed by atoms with Crippen LogP contribution in [0.2, 0.25) is 0 Å². The lowest BCUT2D eigenvalue weighted by Gasteiger charge is -2.36. The minimum absolute atomic E-state index is 0.331. The molecule has 0 saturated heterocycles. The molecule has 0 bridgehead atoms. The first kappa shape index (κ1) is 35.2. The number of aliphatic hydroxyl groups is 1. The van der Waals surface area contributed by atoms with Crippen molar-refractivity contribution in [1.82, 2.24) is 34.3 Å². The maximum Gasteiger partial charge on any atom is 0.323 e. The number of hydrogen-bond acceptors (Lipinski definition) is 7. The molecule has 0 aliphatic carbocycles. The predicted molar refractivity (Wildman–Crippen MR) is 195 cm³/mol. The van der Waals surface area contributed by atoms with Gasteiger partial charge in [-0.3, -0.25) is 9.97 Å². The zero-order valence-electron chi connectivity index (χ0n) is 28.7. The number of benzene rings is 3. The topological polar surface area (TPSA) is 106 Å². The highest BCUT2D eigenvalue weighted by Crippen LogP contribution is 2.47. The largest absolute Gasteiger partial charge is 0.381 e. The van der Waals surface area contributed by atoms with Gasteiger partial charge in [-0.05, 0) is 89.5 Å². The minimum atomic E-state index is -4.15. The molecule has 0 aliphatic rings. The van der Waals surface area contributed by atoms with E-state index in [2.05, 4.69) is 25.4 Å². The standard InChI is InChI=1S/C41H29F5N8O/c42-31-7-2-29(3-8-31)39-38(28-15-17-47-18-16-28)36-13-1-26(22-54(36)52-39)20-49-33-10-4-27(5-11-33)30-6-14-37(50-21-30)41(45,46)40(55,23-53-25-48-24-51-53)34-12-9-32(43)19-35(34)44/h1-19,21-22,24-25,49,55H,20,23H2. The number of nitrogens with one attached hydrogen (secondary N) is 1. The summed E-state index contributed by atoms with van der Waals surface area (Å²) < 4.78 is 77.4. The fraction of sp³-hybridized carbons (Fsp3) is 0.0976. The average molecular weight is 745 g/mol. The number of anilines is 1. The van der Waals surface area contributed by atoms with Crippen molar-refractivity contribution in [1.29, 1.82) is 0 Å². The number of alkyl halides is 2. The van der Waals surface area contributed by atoms with Gasteiger partial charge in [0.15, 0.2) is 5.60 Å². The molecular formula is C41H29F5N8O. The number of hydrogen-bond donors (Lipinski definition) is 2. The second kappa shape index (κ2) is 14.2. The van der Waals surface area contributed by atoms with Crippen molar-refractivity contribution in [2.45, 2.75) is 24.6 Å². The van der Waals surface area contributed by atoms with Crippen LogP contribution < -0.4 is 5.32 Å². The van der Waals surface area contributed by atoms with E-state index in [1.165, 1.54) is 24.4 Å². The van der Waals surface area contributed by atoms with Crippen LogP contribution in [-0.2, 0) is 24.6 Å². The van der Waals surface area contributed by atoms with Gasteiger partial charge in [-0.2, -0.15) is 19.0 Å². The smallest absolute Gasteiger partial charge is 0.323 e. The summed E-state index contributed by atoms with van der Waals surface area (Å²) >= 11 is 0. The van der Waals surface area contributed by atoms with Gasteiger partial charge in [0, 0.05) is 65.3 Å². The summed E-state index contributed by atoms with van der Waals surface area (Å²) in [6, 6.07) is 25.8. The van der Waals surface area contributed by atoms with Crippen molar-refractivity contribution in [2.75, 3.05) is 5.32 Å². The molecule has 0 spiro atoms. The van der Waals surface area contributed by atoms with Crippen LogP contribution >= 0.6 is 0 Å². The molecule has 14 heteroatoms. The highest BCUT2D eigenvalue weighted by Gasteiger charge is 2.57. The highest BCUT2D eigenvalue weighted by molar-refractivity contribution is 5.92. The molecule has 1 atom stereocenters. The van der Waals surface area contributed by atoms with E-state index in [4.69, 9.17) is 5.10 Å². The first-order chi connectivity index (χ1) is 26.6. The Morgan fingerprint density at radius 3 is 2.15 bits per heavy atom. The highest BCUT2D eigenvalue weighted by atomic mass is 19.3. The van der Waals surface area contributed by atoms with Gasteiger partial charge in [0.25, 0.3) is 0 Å². The normalized spacial score (nSPS) is 12.8. The molecule has 0 radical (unpaired) electrons. The van der Waals surface area contributed by atoms with Crippen LogP contribution in [0, 0.1) is 17.5 Å². The second-order valence-corrected chi connectivity index (χ2v) is 12.8. The zero-order chi connectivity index (χ0) is 38.2. The summed E-state index contributed by atoms with van der Waals surface area (Å²) in [5.74, 6) is -6.81. The molecule has 8 aromatic rings. The quantitative estimate of drug-likeness (QED) is 0.128. The Bertz CT molecular complexity index is 2580. The van der Waals surface area contributed by atoms with E-state index in [0.29, 0.717) is 29.4 Å². The Hall–Kier alpha value is -6.80. The van der Waals surface area contributed by atoms with Gasteiger partial charge in [-0.25, -0.2) is 27.4 Å². The van der Waals surface area contributed by atoms with Crippen LogP contribution in [0.15, 0.2) is 141 Å². The number of rotatable bonds is 11.